The van der Waals surface area contributed by atoms with Crippen molar-refractivity contribution in [3.63, 3.8) is 0 Å². The molecule has 0 saturated heterocycles. The van der Waals surface area contributed by atoms with Crippen molar-refractivity contribution in [2.24, 2.45) is 5.92 Å². The highest BCUT2D eigenvalue weighted by Gasteiger charge is 2.30. The second-order valence-corrected chi connectivity index (χ2v) is 6.73. The number of carbonyl (C=O) groups excluding carboxylic acids is 1. The molecule has 0 bridgehead atoms. The van der Waals surface area contributed by atoms with Gasteiger partial charge in [0, 0.05) is 6.54 Å². The molecule has 1 aromatic heterocycles. The molecule has 1 aromatic carbocycles. The zero-order valence-corrected chi connectivity index (χ0v) is 15.1. The van der Waals surface area contributed by atoms with E-state index in [9.17, 15) is 18.0 Å². The van der Waals surface area contributed by atoms with E-state index < -0.39 is 17.6 Å². The Morgan fingerprint density at radius 3 is 2.74 bits per heavy atom. The normalized spacial score (nSPS) is 15.1. The number of nitrogens with zero attached hydrogens (tertiary/aromatic N) is 2. The molecular weight excluding hydrogens is 359 g/mol. The van der Waals surface area contributed by atoms with Gasteiger partial charge in [-0.1, -0.05) is 31.7 Å². The van der Waals surface area contributed by atoms with Gasteiger partial charge in [0.15, 0.2) is 11.4 Å². The van der Waals surface area contributed by atoms with E-state index in [-0.39, 0.29) is 17.1 Å². The van der Waals surface area contributed by atoms with Crippen LogP contribution in [0.4, 0.5) is 13.2 Å². The van der Waals surface area contributed by atoms with Gasteiger partial charge in [-0.2, -0.15) is 18.3 Å². The number of alkyl halides is 3. The van der Waals surface area contributed by atoms with Crippen molar-refractivity contribution in [2.75, 3.05) is 13.7 Å². The lowest BCUT2D eigenvalue weighted by Gasteiger charge is -2.09. The number of methoxy groups -OCH3 is 1. The van der Waals surface area contributed by atoms with Crippen molar-refractivity contribution < 1.29 is 22.7 Å². The van der Waals surface area contributed by atoms with Crippen molar-refractivity contribution in [1.29, 1.82) is 0 Å². The number of nitrogens with one attached hydrogen (secondary N) is 1. The van der Waals surface area contributed by atoms with Gasteiger partial charge >= 0.3 is 6.18 Å². The van der Waals surface area contributed by atoms with Crippen molar-refractivity contribution in [2.45, 2.75) is 38.3 Å². The van der Waals surface area contributed by atoms with Crippen LogP contribution in [0, 0.1) is 5.92 Å². The van der Waals surface area contributed by atoms with Crippen LogP contribution in [-0.4, -0.2) is 29.3 Å². The molecule has 1 saturated carbocycles. The summed E-state index contributed by atoms with van der Waals surface area (Å²) in [4.78, 5) is 12.4. The SMILES string of the molecule is COc1cn(-c2cccc(C(F)(F)F)c2)nc1C(=O)NCCC1CCCC1. The molecule has 1 fully saturated rings. The highest BCUT2D eigenvalue weighted by atomic mass is 19.4. The first-order valence-electron chi connectivity index (χ1n) is 8.98. The number of hydrogen-bond donors (Lipinski definition) is 1. The summed E-state index contributed by atoms with van der Waals surface area (Å²) in [7, 11) is 1.39. The standard InChI is InChI=1S/C19H22F3N3O2/c1-27-16-12-25(15-8-4-7-14(11-15)19(20,21)22)24-17(16)18(26)23-10-9-13-5-2-3-6-13/h4,7-8,11-13H,2-3,5-6,9-10H2,1H3,(H,23,26). The molecule has 27 heavy (non-hydrogen) atoms. The third kappa shape index (κ3) is 4.61. The van der Waals surface area contributed by atoms with E-state index >= 15 is 0 Å². The second kappa shape index (κ2) is 8.02. The number of carbonyl (C=O) groups is 1. The number of aromatic nitrogens is 2. The minimum atomic E-state index is -4.45. The average molecular weight is 381 g/mol. The third-order valence-corrected chi connectivity index (χ3v) is 4.87. The minimum absolute atomic E-state index is 0.0568. The summed E-state index contributed by atoms with van der Waals surface area (Å²) in [6.45, 7) is 0.545. The van der Waals surface area contributed by atoms with E-state index in [1.165, 1.54) is 55.8 Å². The van der Waals surface area contributed by atoms with E-state index in [4.69, 9.17) is 4.74 Å². The van der Waals surface area contributed by atoms with Gasteiger partial charge in [0.05, 0.1) is 24.6 Å². The maximum atomic E-state index is 12.9. The molecule has 0 unspecified atom stereocenters. The summed E-state index contributed by atoms with van der Waals surface area (Å²) >= 11 is 0. The lowest BCUT2D eigenvalue weighted by Crippen LogP contribution is -2.26. The smallest absolute Gasteiger partial charge is 0.416 e. The fourth-order valence-corrected chi connectivity index (χ4v) is 3.39. The van der Waals surface area contributed by atoms with E-state index in [1.807, 2.05) is 0 Å². The first-order valence-corrected chi connectivity index (χ1v) is 8.98. The Labute approximate surface area is 155 Å². The first kappa shape index (κ1) is 19.3. The Morgan fingerprint density at radius 1 is 1.33 bits per heavy atom. The summed E-state index contributed by atoms with van der Waals surface area (Å²) in [6, 6.07) is 4.76. The largest absolute Gasteiger partial charge is 0.493 e. The van der Waals surface area contributed by atoms with Gasteiger partial charge in [-0.15, -0.1) is 0 Å². The number of halogens is 3. The average Bonchev–Trinajstić information content (AvgIpc) is 3.30. The maximum Gasteiger partial charge on any atom is 0.416 e. The van der Waals surface area contributed by atoms with Crippen molar-refractivity contribution >= 4 is 5.91 Å². The molecule has 3 rings (SSSR count). The molecule has 5 nitrogen and oxygen atoms in total. The first-order chi connectivity index (χ1) is 12.9. The maximum absolute atomic E-state index is 12.9. The van der Waals surface area contributed by atoms with Crippen LogP contribution in [-0.2, 0) is 6.18 Å². The Bertz CT molecular complexity index is 796. The number of benzene rings is 1. The van der Waals surface area contributed by atoms with Crippen LogP contribution in [0.3, 0.4) is 0 Å². The number of ether oxygens (including phenoxy) is 1. The van der Waals surface area contributed by atoms with Gasteiger partial charge in [0.2, 0.25) is 0 Å². The molecule has 1 N–H and O–H groups in total. The number of hydrogen-bond acceptors (Lipinski definition) is 3. The Balaban J connectivity index is 1.74. The lowest BCUT2D eigenvalue weighted by molar-refractivity contribution is -0.137. The fraction of sp³-hybridized carbons (Fsp3) is 0.474. The summed E-state index contributed by atoms with van der Waals surface area (Å²) in [5, 5.41) is 6.96. The Morgan fingerprint density at radius 2 is 2.07 bits per heavy atom. The molecule has 1 aliphatic rings. The van der Waals surface area contributed by atoms with E-state index in [0.717, 1.165) is 18.6 Å². The lowest BCUT2D eigenvalue weighted by atomic mass is 10.0. The highest BCUT2D eigenvalue weighted by Crippen LogP contribution is 2.31. The Kier molecular flexibility index (Phi) is 5.72. The van der Waals surface area contributed by atoms with Gasteiger partial charge in [-0.05, 0) is 30.5 Å². The molecule has 0 atom stereocenters. The molecule has 2 aromatic rings. The molecule has 8 heteroatoms. The van der Waals surface area contributed by atoms with E-state index in [2.05, 4.69) is 10.4 Å². The van der Waals surface area contributed by atoms with Crippen molar-refractivity contribution in [1.82, 2.24) is 15.1 Å². The van der Waals surface area contributed by atoms with E-state index in [1.54, 1.807) is 0 Å². The second-order valence-electron chi connectivity index (χ2n) is 6.73. The Hall–Kier alpha value is -2.51. The molecule has 1 heterocycles. The van der Waals surface area contributed by atoms with Gasteiger partial charge in [0.1, 0.15) is 0 Å². The van der Waals surface area contributed by atoms with Crippen LogP contribution in [0.2, 0.25) is 0 Å². The van der Waals surface area contributed by atoms with Crippen LogP contribution in [0.15, 0.2) is 30.5 Å². The molecular formula is C19H22F3N3O2. The van der Waals surface area contributed by atoms with Crippen LogP contribution >= 0.6 is 0 Å². The van der Waals surface area contributed by atoms with Gasteiger partial charge in [0.25, 0.3) is 5.91 Å². The topological polar surface area (TPSA) is 56.2 Å². The van der Waals surface area contributed by atoms with Crippen LogP contribution in [0.5, 0.6) is 5.75 Å². The molecule has 1 aliphatic carbocycles. The minimum Gasteiger partial charge on any atom is -0.493 e. The molecule has 0 radical (unpaired) electrons. The predicted molar refractivity (Wildman–Crippen MR) is 94.0 cm³/mol. The summed E-state index contributed by atoms with van der Waals surface area (Å²) in [6.07, 6.45) is 2.76. The third-order valence-electron chi connectivity index (χ3n) is 4.87. The highest BCUT2D eigenvalue weighted by molar-refractivity contribution is 5.94. The molecule has 0 spiro atoms. The fourth-order valence-electron chi connectivity index (χ4n) is 3.39. The zero-order chi connectivity index (χ0) is 19.4. The summed E-state index contributed by atoms with van der Waals surface area (Å²) < 4.78 is 45.1. The monoisotopic (exact) mass is 381 g/mol. The summed E-state index contributed by atoms with van der Waals surface area (Å²) in [5.74, 6) is 0.469. The molecule has 146 valence electrons. The van der Waals surface area contributed by atoms with Gasteiger partial charge in [-0.25, -0.2) is 4.68 Å². The summed E-state index contributed by atoms with van der Waals surface area (Å²) in [5.41, 5.74) is -0.522. The van der Waals surface area contributed by atoms with Crippen LogP contribution < -0.4 is 10.1 Å². The zero-order valence-electron chi connectivity index (χ0n) is 15.1. The molecule has 1 amide bonds. The predicted octanol–water partition coefficient (Wildman–Crippen LogP) is 4.21. The van der Waals surface area contributed by atoms with E-state index in [0.29, 0.717) is 12.5 Å². The van der Waals surface area contributed by atoms with Crippen LogP contribution in [0.25, 0.3) is 5.69 Å². The van der Waals surface area contributed by atoms with Gasteiger partial charge in [-0.3, -0.25) is 4.79 Å². The van der Waals surface area contributed by atoms with Gasteiger partial charge < -0.3 is 10.1 Å². The van der Waals surface area contributed by atoms with Crippen molar-refractivity contribution in [3.8, 4) is 11.4 Å². The number of amides is 1. The molecule has 0 aliphatic heterocycles. The van der Waals surface area contributed by atoms with Crippen molar-refractivity contribution in [3.05, 3.63) is 41.7 Å². The quantitative estimate of drug-likeness (QED) is 0.816. The van der Waals surface area contributed by atoms with Crippen LogP contribution in [0.1, 0.15) is 48.2 Å². The number of rotatable bonds is 6.